The van der Waals surface area contributed by atoms with E-state index in [9.17, 15) is 0 Å². The summed E-state index contributed by atoms with van der Waals surface area (Å²) in [6, 6.07) is 13.6. The molecule has 3 N–H and O–H groups in total. The van der Waals surface area contributed by atoms with Crippen molar-refractivity contribution in [3.05, 3.63) is 58.6 Å². The van der Waals surface area contributed by atoms with Gasteiger partial charge in [0.05, 0.1) is 6.04 Å². The van der Waals surface area contributed by atoms with Gasteiger partial charge in [0.1, 0.15) is 13.2 Å². The summed E-state index contributed by atoms with van der Waals surface area (Å²) in [6.07, 6.45) is 0.719. The first kappa shape index (κ1) is 14.2. The van der Waals surface area contributed by atoms with Crippen molar-refractivity contribution < 1.29 is 9.47 Å². The lowest BCUT2D eigenvalue weighted by Gasteiger charge is -2.25. The summed E-state index contributed by atoms with van der Waals surface area (Å²) in [4.78, 5) is 0. The summed E-state index contributed by atoms with van der Waals surface area (Å²) in [5.41, 5.74) is 4.96. The minimum absolute atomic E-state index is 0.0693. The van der Waals surface area contributed by atoms with Crippen molar-refractivity contribution in [3.63, 3.8) is 0 Å². The number of fused-ring (bicyclic) bond motifs is 1. The molecule has 21 heavy (non-hydrogen) atoms. The maximum Gasteiger partial charge on any atom is 0.166 e. The van der Waals surface area contributed by atoms with E-state index in [4.69, 9.17) is 26.9 Å². The lowest BCUT2D eigenvalue weighted by atomic mass is 9.98. The van der Waals surface area contributed by atoms with E-state index >= 15 is 0 Å². The molecule has 0 aromatic heterocycles. The van der Waals surface area contributed by atoms with E-state index in [0.29, 0.717) is 13.2 Å². The zero-order chi connectivity index (χ0) is 14.7. The highest BCUT2D eigenvalue weighted by Gasteiger charge is 2.21. The second kappa shape index (κ2) is 6.35. The molecule has 2 aromatic rings. The van der Waals surface area contributed by atoms with Gasteiger partial charge >= 0.3 is 0 Å². The number of hydrogen-bond acceptors (Lipinski definition) is 4. The molecule has 1 atom stereocenters. The summed E-state index contributed by atoms with van der Waals surface area (Å²) in [7, 11) is 0. The monoisotopic (exact) mass is 304 g/mol. The molecule has 110 valence electrons. The highest BCUT2D eigenvalue weighted by molar-refractivity contribution is 6.30. The van der Waals surface area contributed by atoms with Gasteiger partial charge in [0, 0.05) is 10.6 Å². The SMILES string of the molecule is NNC(Cc1cccc(Cl)c1)c1cccc2c1OCCO2. The van der Waals surface area contributed by atoms with Gasteiger partial charge in [-0.15, -0.1) is 0 Å². The van der Waals surface area contributed by atoms with Gasteiger partial charge in [0.25, 0.3) is 0 Å². The van der Waals surface area contributed by atoms with Crippen LogP contribution in [0.5, 0.6) is 11.5 Å². The average Bonchev–Trinajstić information content (AvgIpc) is 2.52. The van der Waals surface area contributed by atoms with Crippen LogP contribution < -0.4 is 20.7 Å². The van der Waals surface area contributed by atoms with E-state index in [1.165, 1.54) is 0 Å². The highest BCUT2D eigenvalue weighted by Crippen LogP contribution is 2.37. The van der Waals surface area contributed by atoms with Crippen molar-refractivity contribution in [1.29, 1.82) is 0 Å². The third-order valence-corrected chi connectivity index (χ3v) is 3.74. The van der Waals surface area contributed by atoms with Crippen LogP contribution in [-0.2, 0) is 6.42 Å². The quantitative estimate of drug-likeness (QED) is 0.673. The number of nitrogens with two attached hydrogens (primary N) is 1. The van der Waals surface area contributed by atoms with Crippen LogP contribution in [-0.4, -0.2) is 13.2 Å². The summed E-state index contributed by atoms with van der Waals surface area (Å²) in [6.45, 7) is 1.13. The van der Waals surface area contributed by atoms with Crippen LogP contribution >= 0.6 is 11.6 Å². The minimum atomic E-state index is -0.0693. The summed E-state index contributed by atoms with van der Waals surface area (Å²) >= 11 is 6.04. The molecule has 1 unspecified atom stereocenters. The summed E-state index contributed by atoms with van der Waals surface area (Å²) < 4.78 is 11.4. The molecule has 0 spiro atoms. The molecule has 0 fully saturated rings. The van der Waals surface area contributed by atoms with E-state index in [1.54, 1.807) is 0 Å². The van der Waals surface area contributed by atoms with Gasteiger partial charge in [-0.2, -0.15) is 0 Å². The fourth-order valence-corrected chi connectivity index (χ4v) is 2.74. The van der Waals surface area contributed by atoms with E-state index in [1.807, 2.05) is 42.5 Å². The Balaban J connectivity index is 1.90. The first-order valence-electron chi connectivity index (χ1n) is 6.87. The number of benzene rings is 2. The predicted octanol–water partition coefficient (Wildman–Crippen LogP) is 2.86. The first-order chi connectivity index (χ1) is 10.3. The molecule has 0 radical (unpaired) electrons. The van der Waals surface area contributed by atoms with Crippen molar-refractivity contribution in [1.82, 2.24) is 5.43 Å². The Bertz CT molecular complexity index is 633. The summed E-state index contributed by atoms with van der Waals surface area (Å²) in [5, 5.41) is 0.720. The Morgan fingerprint density at radius 1 is 1.14 bits per heavy atom. The molecule has 0 amide bonds. The smallest absolute Gasteiger partial charge is 0.166 e. The molecular weight excluding hydrogens is 288 g/mol. The van der Waals surface area contributed by atoms with Gasteiger partial charge in [-0.25, -0.2) is 0 Å². The number of para-hydroxylation sites is 1. The molecule has 5 heteroatoms. The standard InChI is InChI=1S/C16H17ClN2O2/c17-12-4-1-3-11(9-12)10-14(19-18)13-5-2-6-15-16(13)21-8-7-20-15/h1-6,9,14,19H,7-8,10,18H2. The van der Waals surface area contributed by atoms with Gasteiger partial charge in [-0.3, -0.25) is 11.3 Å². The number of hydrogen-bond donors (Lipinski definition) is 2. The van der Waals surface area contributed by atoms with Crippen molar-refractivity contribution in [2.24, 2.45) is 5.84 Å². The fourth-order valence-electron chi connectivity index (χ4n) is 2.53. The fraction of sp³-hybridized carbons (Fsp3) is 0.250. The second-order valence-corrected chi connectivity index (χ2v) is 5.36. The average molecular weight is 305 g/mol. The zero-order valence-electron chi connectivity index (χ0n) is 11.5. The van der Waals surface area contributed by atoms with Crippen LogP contribution in [0.2, 0.25) is 5.02 Å². The van der Waals surface area contributed by atoms with Crippen LogP contribution in [0.4, 0.5) is 0 Å². The van der Waals surface area contributed by atoms with Gasteiger partial charge < -0.3 is 9.47 Å². The van der Waals surface area contributed by atoms with E-state index in [2.05, 4.69) is 5.43 Å². The highest BCUT2D eigenvalue weighted by atomic mass is 35.5. The number of ether oxygens (including phenoxy) is 2. The predicted molar refractivity (Wildman–Crippen MR) is 82.7 cm³/mol. The number of nitrogens with one attached hydrogen (secondary N) is 1. The van der Waals surface area contributed by atoms with E-state index in [0.717, 1.165) is 34.1 Å². The maximum atomic E-state index is 6.04. The Labute approximate surface area is 128 Å². The molecule has 1 heterocycles. The Kier molecular flexibility index (Phi) is 4.29. The molecule has 1 aliphatic rings. The molecule has 0 aliphatic carbocycles. The van der Waals surface area contributed by atoms with Crippen molar-refractivity contribution in [2.45, 2.75) is 12.5 Å². The van der Waals surface area contributed by atoms with E-state index < -0.39 is 0 Å². The number of halogens is 1. The molecule has 0 saturated carbocycles. The van der Waals surface area contributed by atoms with E-state index in [-0.39, 0.29) is 6.04 Å². The third kappa shape index (κ3) is 3.13. The van der Waals surface area contributed by atoms with Crippen LogP contribution in [0.1, 0.15) is 17.2 Å². The van der Waals surface area contributed by atoms with Gasteiger partial charge in [-0.1, -0.05) is 35.9 Å². The maximum absolute atomic E-state index is 6.04. The Morgan fingerprint density at radius 3 is 2.76 bits per heavy atom. The normalized spacial score (nSPS) is 14.8. The summed E-state index contributed by atoms with van der Waals surface area (Å²) in [5.74, 6) is 7.29. The molecule has 1 aliphatic heterocycles. The Morgan fingerprint density at radius 2 is 1.95 bits per heavy atom. The van der Waals surface area contributed by atoms with Crippen molar-refractivity contribution in [3.8, 4) is 11.5 Å². The molecule has 2 aromatic carbocycles. The van der Waals surface area contributed by atoms with Crippen LogP contribution in [0, 0.1) is 0 Å². The zero-order valence-corrected chi connectivity index (χ0v) is 12.3. The number of rotatable bonds is 4. The third-order valence-electron chi connectivity index (χ3n) is 3.50. The van der Waals surface area contributed by atoms with Crippen LogP contribution in [0.25, 0.3) is 0 Å². The van der Waals surface area contributed by atoms with Gasteiger partial charge in [0.2, 0.25) is 0 Å². The lowest BCUT2D eigenvalue weighted by molar-refractivity contribution is 0.168. The van der Waals surface area contributed by atoms with Crippen molar-refractivity contribution in [2.75, 3.05) is 13.2 Å². The van der Waals surface area contributed by atoms with Crippen LogP contribution in [0.15, 0.2) is 42.5 Å². The molecular formula is C16H17ClN2O2. The lowest BCUT2D eigenvalue weighted by Crippen LogP contribution is -2.30. The van der Waals surface area contributed by atoms with Crippen LogP contribution in [0.3, 0.4) is 0 Å². The molecule has 0 bridgehead atoms. The van der Waals surface area contributed by atoms with Gasteiger partial charge in [0.15, 0.2) is 11.5 Å². The molecule has 0 saturated heterocycles. The second-order valence-electron chi connectivity index (χ2n) is 4.92. The van der Waals surface area contributed by atoms with Gasteiger partial charge in [-0.05, 0) is 30.2 Å². The molecule has 4 nitrogen and oxygen atoms in total. The largest absolute Gasteiger partial charge is 0.486 e. The minimum Gasteiger partial charge on any atom is -0.486 e. The topological polar surface area (TPSA) is 56.5 Å². The van der Waals surface area contributed by atoms with Crippen molar-refractivity contribution >= 4 is 11.6 Å². The molecule has 3 rings (SSSR count). The Hall–Kier alpha value is -1.75. The first-order valence-corrected chi connectivity index (χ1v) is 7.25. The number of hydrazine groups is 1.